The molecule has 0 atom stereocenters. The van der Waals surface area contributed by atoms with Crippen molar-refractivity contribution in [1.82, 2.24) is 0 Å². The molecule has 5 radical (unpaired) electrons. The van der Waals surface area contributed by atoms with Gasteiger partial charge in [-0.05, 0) is 0 Å². The molecule has 0 aromatic heterocycles. The Hall–Kier alpha value is -5.67. The summed E-state index contributed by atoms with van der Waals surface area (Å²) in [5.41, 5.74) is 13.1. The molecule has 11 rings (SSSR count). The third-order valence-corrected chi connectivity index (χ3v) is 15.3. The van der Waals surface area contributed by atoms with Crippen molar-refractivity contribution in [2.75, 3.05) is 0 Å². The zero-order valence-corrected chi connectivity index (χ0v) is 33.6. The van der Waals surface area contributed by atoms with Gasteiger partial charge in [0.25, 0.3) is 0 Å². The van der Waals surface area contributed by atoms with Crippen LogP contribution in [-0.4, -0.2) is 31.9 Å². The van der Waals surface area contributed by atoms with Crippen LogP contribution in [0.3, 0.4) is 0 Å². The number of hydrogen-bond acceptors (Lipinski definition) is 0. The first-order valence-electron chi connectivity index (χ1n) is 18.5. The van der Waals surface area contributed by atoms with E-state index in [1.54, 1.807) is 4.40 Å². The zero-order chi connectivity index (χ0) is 35.8. The molecule has 0 fully saturated rings. The molecule has 0 N–H and O–H groups in total. The molecule has 0 nitrogen and oxygen atoms in total. The van der Waals surface area contributed by atoms with E-state index in [1.807, 2.05) is 0 Å². The van der Waals surface area contributed by atoms with Gasteiger partial charge in [0, 0.05) is 0 Å². The van der Waals surface area contributed by atoms with Gasteiger partial charge in [0.05, 0.1) is 0 Å². The van der Waals surface area contributed by atoms with Crippen molar-refractivity contribution >= 4 is 88.2 Å². The van der Waals surface area contributed by atoms with E-state index in [0.29, 0.717) is 0 Å². The van der Waals surface area contributed by atoms with Crippen LogP contribution in [0.5, 0.6) is 0 Å². The van der Waals surface area contributed by atoms with E-state index in [2.05, 4.69) is 205 Å². The topological polar surface area (TPSA) is 0 Å². The summed E-state index contributed by atoms with van der Waals surface area (Å²) in [4.78, 5) is 0. The van der Waals surface area contributed by atoms with Crippen LogP contribution in [0.25, 0.3) is 98.7 Å². The number of fused-ring (bicyclic) bond motifs is 7. The van der Waals surface area contributed by atoms with Crippen LogP contribution in [0.2, 0.25) is 0 Å². The second-order valence-corrected chi connectivity index (χ2v) is 18.2. The van der Waals surface area contributed by atoms with Crippen molar-refractivity contribution in [1.29, 1.82) is 0 Å². The summed E-state index contributed by atoms with van der Waals surface area (Å²) in [5.74, 6) is 0. The third-order valence-electron chi connectivity index (χ3n) is 11.3. The fraction of sp³-hybridized carbons (Fsp3) is 0. The van der Waals surface area contributed by atoms with Gasteiger partial charge in [-0.2, -0.15) is 0 Å². The van der Waals surface area contributed by atoms with Gasteiger partial charge in [-0.1, -0.05) is 18.2 Å². The van der Waals surface area contributed by atoms with Gasteiger partial charge in [0.1, 0.15) is 0 Å². The van der Waals surface area contributed by atoms with Crippen LogP contribution in [0, 0.1) is 0 Å². The summed E-state index contributed by atoms with van der Waals surface area (Å²) in [7, 11) is 0. The predicted octanol–water partition coefficient (Wildman–Crippen LogP) is 11.4. The summed E-state index contributed by atoms with van der Waals surface area (Å²) >= 11 is 1.73. The second-order valence-electron chi connectivity index (χ2n) is 14.3. The van der Waals surface area contributed by atoms with Crippen LogP contribution in [0.4, 0.5) is 0 Å². The summed E-state index contributed by atoms with van der Waals surface area (Å²) < 4.78 is 4.37. The average Bonchev–Trinajstić information content (AvgIpc) is 3.61. The van der Waals surface area contributed by atoms with Gasteiger partial charge >= 0.3 is 314 Å². The normalized spacial score (nSPS) is 12.1. The molecule has 0 spiro atoms. The van der Waals surface area contributed by atoms with Crippen molar-refractivity contribution in [3.63, 3.8) is 0 Å². The molecule has 10 aromatic carbocycles. The van der Waals surface area contributed by atoms with Gasteiger partial charge in [-0.15, -0.1) is 0 Å². The monoisotopic (exact) mass is 803 g/mol. The Morgan fingerprint density at radius 1 is 0.315 bits per heavy atom. The molecule has 247 valence electrons. The Labute approximate surface area is 329 Å². The molecule has 1 aliphatic rings. The quantitative estimate of drug-likeness (QED) is 0.123. The van der Waals surface area contributed by atoms with E-state index in [-0.39, 0.29) is 0 Å². The van der Waals surface area contributed by atoms with Crippen LogP contribution < -0.4 is 13.2 Å². The van der Waals surface area contributed by atoms with Crippen molar-refractivity contribution in [3.8, 4) is 55.6 Å². The van der Waals surface area contributed by atoms with Gasteiger partial charge in [-0.3, -0.25) is 0 Å². The van der Waals surface area contributed by atoms with Crippen LogP contribution in [0.1, 0.15) is 0 Å². The average molecular weight is 801 g/mol. The van der Waals surface area contributed by atoms with E-state index in [0.717, 1.165) is 0 Å². The van der Waals surface area contributed by atoms with Crippen LogP contribution in [-0.2, 0) is 0 Å². The number of rotatable bonds is 4. The molecule has 0 saturated heterocycles. The van der Waals surface area contributed by atoms with E-state index in [9.17, 15) is 0 Å². The third kappa shape index (κ3) is 5.12. The second kappa shape index (κ2) is 12.7. The summed E-state index contributed by atoms with van der Waals surface area (Å²) in [6.07, 6.45) is 0. The number of benzene rings is 10. The molecule has 2 heteroatoms. The Morgan fingerprint density at radius 2 is 0.870 bits per heavy atom. The summed E-state index contributed by atoms with van der Waals surface area (Å²) in [6.45, 7) is 0. The first-order valence-corrected chi connectivity index (χ1v) is 21.7. The van der Waals surface area contributed by atoms with E-state index in [4.69, 9.17) is 0 Å². The van der Waals surface area contributed by atoms with Crippen molar-refractivity contribution in [3.05, 3.63) is 188 Å². The standard InChI is InChI=1S/C52H31Ge2/c53-49-23-5-3-15-40(49)36-14-7-13-35(29-36)39-17-8-19-43-47(39)31-48-41(45-21-10-22-46-42-16-4-6-24-50(42)54-52(45)46)18-9-20-44(48)51(43)37-26-25-34-27-32-11-1-2-12-33(32)28-38(34)30-37/h1-31H. The van der Waals surface area contributed by atoms with Crippen LogP contribution in [0.15, 0.2) is 188 Å². The predicted molar refractivity (Wildman–Crippen MR) is 234 cm³/mol. The van der Waals surface area contributed by atoms with Gasteiger partial charge in [-0.25, -0.2) is 0 Å². The van der Waals surface area contributed by atoms with Gasteiger partial charge in [0.15, 0.2) is 0 Å². The minimum absolute atomic E-state index is 0.467. The van der Waals surface area contributed by atoms with Crippen molar-refractivity contribution in [2.24, 2.45) is 0 Å². The van der Waals surface area contributed by atoms with Crippen molar-refractivity contribution in [2.45, 2.75) is 0 Å². The van der Waals surface area contributed by atoms with Crippen molar-refractivity contribution < 1.29 is 0 Å². The maximum atomic E-state index is 2.50. The van der Waals surface area contributed by atoms with Gasteiger partial charge < -0.3 is 0 Å². The van der Waals surface area contributed by atoms with E-state index in [1.165, 1.54) is 108 Å². The molecule has 0 unspecified atom stereocenters. The maximum absolute atomic E-state index is 2.50. The first kappa shape index (κ1) is 31.8. The zero-order valence-electron chi connectivity index (χ0n) is 29.4. The van der Waals surface area contributed by atoms with E-state index < -0.39 is 15.4 Å². The Morgan fingerprint density at radius 3 is 1.67 bits per heavy atom. The molecule has 1 heterocycles. The molecule has 0 bridgehead atoms. The molecular weight excluding hydrogens is 770 g/mol. The van der Waals surface area contributed by atoms with Crippen LogP contribution >= 0.6 is 0 Å². The molecule has 0 saturated carbocycles. The number of hydrogen-bond donors (Lipinski definition) is 0. The SMILES string of the molecule is [Ge][c]1ccccc1-c1cccc(-c2cccc3c(-c4ccc5cc6ccccc6cc5c4)c4cccc(-c5cccc6[c]5[Ge][c]5ccccc5-6)c4cc23)c1. The molecule has 0 aliphatic carbocycles. The Kier molecular flexibility index (Phi) is 7.50. The fourth-order valence-electron chi connectivity index (χ4n) is 8.75. The molecular formula is C52H31Ge2. The molecule has 1 aliphatic heterocycles. The van der Waals surface area contributed by atoms with E-state index >= 15 is 0 Å². The Bertz CT molecular complexity index is 3150. The molecule has 10 aromatic rings. The van der Waals surface area contributed by atoms with Gasteiger partial charge in [0.2, 0.25) is 0 Å². The first-order chi connectivity index (χ1) is 26.7. The molecule has 54 heavy (non-hydrogen) atoms. The summed E-state index contributed by atoms with van der Waals surface area (Å²) in [5, 5.41) is 10.2. The minimum atomic E-state index is -0.467. The Balaban J connectivity index is 1.21. The fourth-order valence-corrected chi connectivity index (χ4v) is 12.6. The molecule has 0 amide bonds. The summed E-state index contributed by atoms with van der Waals surface area (Å²) in [6, 6.07) is 70.6.